The van der Waals surface area contributed by atoms with Crippen LogP contribution in [0.3, 0.4) is 0 Å². The van der Waals surface area contributed by atoms with E-state index in [4.69, 9.17) is 4.74 Å². The molecular weight excluding hydrogens is 282 g/mol. The number of morpholine rings is 1. The Balaban J connectivity index is 1.59. The van der Waals surface area contributed by atoms with Crippen LogP contribution in [0.25, 0.3) is 0 Å². The number of carbonyl (C=O) groups is 2. The lowest BCUT2D eigenvalue weighted by Gasteiger charge is -2.48. The Morgan fingerprint density at radius 1 is 1.27 bits per heavy atom. The Morgan fingerprint density at radius 2 is 2.05 bits per heavy atom. The number of aromatic carboxylic acids is 1. The lowest BCUT2D eigenvalue weighted by Crippen LogP contribution is -2.57. The summed E-state index contributed by atoms with van der Waals surface area (Å²) in [4.78, 5) is 25.5. The number of carbonyl (C=O) groups excluding carboxylic acids is 1. The van der Waals surface area contributed by atoms with E-state index >= 15 is 0 Å². The van der Waals surface area contributed by atoms with Crippen LogP contribution in [0.2, 0.25) is 0 Å². The highest BCUT2D eigenvalue weighted by atomic mass is 16.5. The molecule has 22 heavy (non-hydrogen) atoms. The van der Waals surface area contributed by atoms with Crippen LogP contribution in [0.5, 0.6) is 0 Å². The summed E-state index contributed by atoms with van der Waals surface area (Å²) in [6, 6.07) is 6.88. The van der Waals surface area contributed by atoms with Crippen LogP contribution >= 0.6 is 0 Å². The van der Waals surface area contributed by atoms with Crippen molar-refractivity contribution in [1.82, 2.24) is 4.90 Å². The summed E-state index contributed by atoms with van der Waals surface area (Å²) >= 11 is 0. The van der Waals surface area contributed by atoms with E-state index in [9.17, 15) is 14.7 Å². The zero-order valence-electron chi connectivity index (χ0n) is 12.6. The lowest BCUT2D eigenvalue weighted by atomic mass is 9.79. The van der Waals surface area contributed by atoms with E-state index in [1.165, 1.54) is 6.42 Å². The molecule has 0 unspecified atom stereocenters. The molecule has 118 valence electrons. The van der Waals surface area contributed by atoms with Crippen molar-refractivity contribution in [3.63, 3.8) is 0 Å². The first kappa shape index (κ1) is 15.0. The summed E-state index contributed by atoms with van der Waals surface area (Å²) in [6.45, 7) is 1.94. The SMILES string of the molecule is O=C(O)c1ccccc1CCC(=O)N1CCOC2(CCC2)C1. The number of ether oxygens (including phenoxy) is 1. The Bertz CT molecular complexity index is 580. The molecule has 2 fully saturated rings. The number of carboxylic acids is 1. The normalized spacial score (nSPS) is 19.7. The maximum absolute atomic E-state index is 12.4. The molecule has 0 radical (unpaired) electrons. The predicted molar refractivity (Wildman–Crippen MR) is 80.8 cm³/mol. The molecule has 1 heterocycles. The second-order valence-electron chi connectivity index (χ2n) is 6.16. The van der Waals surface area contributed by atoms with Gasteiger partial charge in [0, 0.05) is 19.5 Å². The van der Waals surface area contributed by atoms with Crippen LogP contribution in [-0.2, 0) is 16.0 Å². The van der Waals surface area contributed by atoms with Gasteiger partial charge in [-0.15, -0.1) is 0 Å². The predicted octanol–water partition coefficient (Wildman–Crippen LogP) is 2.10. The number of aryl methyl sites for hydroxylation is 1. The van der Waals surface area contributed by atoms with E-state index in [2.05, 4.69) is 0 Å². The second kappa shape index (κ2) is 6.08. The zero-order valence-corrected chi connectivity index (χ0v) is 12.6. The van der Waals surface area contributed by atoms with Crippen molar-refractivity contribution in [2.45, 2.75) is 37.7 Å². The summed E-state index contributed by atoms with van der Waals surface area (Å²) in [5.41, 5.74) is 0.912. The minimum Gasteiger partial charge on any atom is -0.478 e. The molecule has 5 heteroatoms. The van der Waals surface area contributed by atoms with Crippen molar-refractivity contribution in [2.24, 2.45) is 0 Å². The first-order valence-electron chi connectivity index (χ1n) is 7.83. The first-order chi connectivity index (χ1) is 10.6. The van der Waals surface area contributed by atoms with Gasteiger partial charge < -0.3 is 14.7 Å². The molecule has 5 nitrogen and oxygen atoms in total. The smallest absolute Gasteiger partial charge is 0.335 e. The molecular formula is C17H21NO4. The Hall–Kier alpha value is -1.88. The van der Waals surface area contributed by atoms with Crippen molar-refractivity contribution >= 4 is 11.9 Å². The van der Waals surface area contributed by atoms with Gasteiger partial charge in [0.05, 0.1) is 17.8 Å². The summed E-state index contributed by atoms with van der Waals surface area (Å²) < 4.78 is 5.82. The van der Waals surface area contributed by atoms with Gasteiger partial charge in [-0.2, -0.15) is 0 Å². The average Bonchev–Trinajstić information content (AvgIpc) is 2.51. The fourth-order valence-corrected chi connectivity index (χ4v) is 3.28. The van der Waals surface area contributed by atoms with Crippen LogP contribution in [-0.4, -0.2) is 47.2 Å². The van der Waals surface area contributed by atoms with E-state index in [1.54, 1.807) is 18.2 Å². The fraction of sp³-hybridized carbons (Fsp3) is 0.529. The number of nitrogens with zero attached hydrogens (tertiary/aromatic N) is 1. The van der Waals surface area contributed by atoms with E-state index in [-0.39, 0.29) is 17.1 Å². The molecule has 0 bridgehead atoms. The lowest BCUT2D eigenvalue weighted by molar-refractivity contribution is -0.167. The van der Waals surface area contributed by atoms with Gasteiger partial charge in [0.1, 0.15) is 0 Å². The molecule has 1 aromatic rings. The second-order valence-corrected chi connectivity index (χ2v) is 6.16. The van der Waals surface area contributed by atoms with Gasteiger partial charge in [0.25, 0.3) is 0 Å². The summed E-state index contributed by atoms with van der Waals surface area (Å²) in [5.74, 6) is -0.849. The van der Waals surface area contributed by atoms with E-state index in [0.717, 1.165) is 18.4 Å². The Kier molecular flexibility index (Phi) is 4.16. The third-order valence-corrected chi connectivity index (χ3v) is 4.72. The molecule has 1 aromatic carbocycles. The average molecular weight is 303 g/mol. The highest BCUT2D eigenvalue weighted by molar-refractivity contribution is 5.89. The molecule has 1 saturated carbocycles. The van der Waals surface area contributed by atoms with Crippen molar-refractivity contribution in [2.75, 3.05) is 19.7 Å². The van der Waals surface area contributed by atoms with Gasteiger partial charge >= 0.3 is 5.97 Å². The molecule has 0 atom stereocenters. The quantitative estimate of drug-likeness (QED) is 0.925. The van der Waals surface area contributed by atoms with Crippen molar-refractivity contribution < 1.29 is 19.4 Å². The van der Waals surface area contributed by atoms with Gasteiger partial charge in [-0.05, 0) is 37.3 Å². The molecule has 1 spiro atoms. The third-order valence-electron chi connectivity index (χ3n) is 4.72. The summed E-state index contributed by atoms with van der Waals surface area (Å²) in [6.07, 6.45) is 4.07. The monoisotopic (exact) mass is 303 g/mol. The highest BCUT2D eigenvalue weighted by Gasteiger charge is 2.42. The van der Waals surface area contributed by atoms with E-state index in [1.807, 2.05) is 11.0 Å². The largest absolute Gasteiger partial charge is 0.478 e. The standard InChI is InChI=1S/C17H21NO4/c19-15(18-10-11-22-17(12-18)8-3-9-17)7-6-13-4-1-2-5-14(13)16(20)21/h1-2,4-5H,3,6-12H2,(H,20,21). The summed E-state index contributed by atoms with van der Waals surface area (Å²) in [5, 5.41) is 9.18. The molecule has 1 saturated heterocycles. The molecule has 0 aromatic heterocycles. The van der Waals surface area contributed by atoms with Crippen LogP contribution in [0.1, 0.15) is 41.6 Å². The van der Waals surface area contributed by atoms with Crippen molar-refractivity contribution in [3.05, 3.63) is 35.4 Å². The minimum absolute atomic E-state index is 0.0904. The maximum Gasteiger partial charge on any atom is 0.335 e. The van der Waals surface area contributed by atoms with Gasteiger partial charge in [0.15, 0.2) is 0 Å². The van der Waals surface area contributed by atoms with Crippen LogP contribution in [0.15, 0.2) is 24.3 Å². The number of benzene rings is 1. The fourth-order valence-electron chi connectivity index (χ4n) is 3.28. The van der Waals surface area contributed by atoms with Gasteiger partial charge in [-0.1, -0.05) is 18.2 Å². The first-order valence-corrected chi connectivity index (χ1v) is 7.83. The Morgan fingerprint density at radius 3 is 2.73 bits per heavy atom. The van der Waals surface area contributed by atoms with E-state index in [0.29, 0.717) is 32.5 Å². The van der Waals surface area contributed by atoms with Crippen molar-refractivity contribution in [3.8, 4) is 0 Å². The number of carboxylic acid groups (broad SMARTS) is 1. The molecule has 2 aliphatic rings. The topological polar surface area (TPSA) is 66.8 Å². The molecule has 1 N–H and O–H groups in total. The Labute approximate surface area is 129 Å². The molecule has 1 aliphatic carbocycles. The van der Waals surface area contributed by atoms with Crippen LogP contribution < -0.4 is 0 Å². The van der Waals surface area contributed by atoms with Gasteiger partial charge in [0.2, 0.25) is 5.91 Å². The molecule has 3 rings (SSSR count). The molecule has 1 amide bonds. The summed E-state index contributed by atoms with van der Waals surface area (Å²) in [7, 11) is 0. The maximum atomic E-state index is 12.4. The van der Waals surface area contributed by atoms with Crippen LogP contribution in [0.4, 0.5) is 0 Å². The molecule has 1 aliphatic heterocycles. The highest BCUT2D eigenvalue weighted by Crippen LogP contribution is 2.38. The van der Waals surface area contributed by atoms with Crippen LogP contribution in [0, 0.1) is 0 Å². The zero-order chi connectivity index (χ0) is 15.6. The van der Waals surface area contributed by atoms with Crippen molar-refractivity contribution in [1.29, 1.82) is 0 Å². The number of hydrogen-bond acceptors (Lipinski definition) is 3. The third kappa shape index (κ3) is 2.99. The number of amides is 1. The van der Waals surface area contributed by atoms with Gasteiger partial charge in [-0.25, -0.2) is 4.79 Å². The number of hydrogen-bond donors (Lipinski definition) is 1. The number of rotatable bonds is 4. The minimum atomic E-state index is -0.942. The van der Waals surface area contributed by atoms with E-state index < -0.39 is 5.97 Å². The van der Waals surface area contributed by atoms with Gasteiger partial charge in [-0.3, -0.25) is 4.79 Å².